The summed E-state index contributed by atoms with van der Waals surface area (Å²) in [5.41, 5.74) is 0.132. The average molecular weight is 250 g/mol. The number of rotatable bonds is 5. The van der Waals surface area contributed by atoms with Gasteiger partial charge in [0.25, 0.3) is 0 Å². The first kappa shape index (κ1) is 15.5. The fraction of sp³-hybridized carbons (Fsp3) is 0.875. The van der Waals surface area contributed by atoms with Gasteiger partial charge in [0.05, 0.1) is 6.54 Å². The highest BCUT2D eigenvalue weighted by atomic mass is 15.1. The Morgan fingerprint density at radius 2 is 1.89 bits per heavy atom. The van der Waals surface area contributed by atoms with E-state index >= 15 is 0 Å². The van der Waals surface area contributed by atoms with Gasteiger partial charge in [-0.05, 0) is 65.6 Å². The summed E-state index contributed by atoms with van der Waals surface area (Å²) in [7, 11) is 0. The maximum absolute atomic E-state index is 3.44. The maximum Gasteiger partial charge on any atom is 0.0601 e. The van der Waals surface area contributed by atoms with Crippen LogP contribution >= 0.6 is 0 Å². The molecule has 1 aliphatic heterocycles. The molecule has 0 aliphatic carbocycles. The van der Waals surface area contributed by atoms with Crippen molar-refractivity contribution in [1.29, 1.82) is 0 Å². The lowest BCUT2D eigenvalue weighted by Crippen LogP contribution is -2.36. The van der Waals surface area contributed by atoms with E-state index in [9.17, 15) is 0 Å². The number of piperidine rings is 1. The molecule has 1 heterocycles. The van der Waals surface area contributed by atoms with Crippen LogP contribution in [0, 0.1) is 23.2 Å². The van der Waals surface area contributed by atoms with Crippen LogP contribution in [0.1, 0.15) is 47.0 Å². The maximum atomic E-state index is 3.44. The molecule has 0 atom stereocenters. The SMILES string of the molecule is CCCN(CC#CC(C)(C)C)CC1CCNCC1. The summed E-state index contributed by atoms with van der Waals surface area (Å²) in [6.07, 6.45) is 3.88. The van der Waals surface area contributed by atoms with Crippen molar-refractivity contribution in [3.8, 4) is 11.8 Å². The van der Waals surface area contributed by atoms with Crippen molar-refractivity contribution in [3.63, 3.8) is 0 Å². The molecule has 1 saturated heterocycles. The summed E-state index contributed by atoms with van der Waals surface area (Å²) < 4.78 is 0. The largest absolute Gasteiger partial charge is 0.317 e. The van der Waals surface area contributed by atoms with E-state index in [1.807, 2.05) is 0 Å². The highest BCUT2D eigenvalue weighted by molar-refractivity contribution is 5.08. The van der Waals surface area contributed by atoms with E-state index < -0.39 is 0 Å². The molecule has 18 heavy (non-hydrogen) atoms. The second-order valence-electron chi connectivity index (χ2n) is 6.48. The van der Waals surface area contributed by atoms with E-state index in [4.69, 9.17) is 0 Å². The molecule has 0 bridgehead atoms. The van der Waals surface area contributed by atoms with Crippen LogP contribution in [0.5, 0.6) is 0 Å². The summed E-state index contributed by atoms with van der Waals surface area (Å²) >= 11 is 0. The van der Waals surface area contributed by atoms with Crippen molar-refractivity contribution in [2.24, 2.45) is 11.3 Å². The van der Waals surface area contributed by atoms with Crippen LogP contribution in [-0.4, -0.2) is 37.6 Å². The van der Waals surface area contributed by atoms with Gasteiger partial charge in [-0.25, -0.2) is 0 Å². The molecular weight excluding hydrogens is 220 g/mol. The van der Waals surface area contributed by atoms with Gasteiger partial charge in [-0.3, -0.25) is 4.90 Å². The Hall–Kier alpha value is -0.520. The average Bonchev–Trinajstić information content (AvgIpc) is 2.29. The molecular formula is C16H30N2. The normalized spacial score (nSPS) is 17.6. The Morgan fingerprint density at radius 3 is 2.44 bits per heavy atom. The van der Waals surface area contributed by atoms with Gasteiger partial charge in [0.15, 0.2) is 0 Å². The van der Waals surface area contributed by atoms with Crippen LogP contribution in [0.3, 0.4) is 0 Å². The van der Waals surface area contributed by atoms with Gasteiger partial charge in [0.1, 0.15) is 0 Å². The Labute approximate surface area is 114 Å². The van der Waals surface area contributed by atoms with Crippen molar-refractivity contribution in [2.45, 2.75) is 47.0 Å². The van der Waals surface area contributed by atoms with Gasteiger partial charge in [0.2, 0.25) is 0 Å². The van der Waals surface area contributed by atoms with Gasteiger partial charge < -0.3 is 5.32 Å². The minimum atomic E-state index is 0.132. The number of hydrogen-bond donors (Lipinski definition) is 1. The Balaban J connectivity index is 2.40. The first-order chi connectivity index (χ1) is 8.51. The summed E-state index contributed by atoms with van der Waals surface area (Å²) in [5, 5.41) is 3.44. The van der Waals surface area contributed by atoms with E-state index in [1.54, 1.807) is 0 Å². The fourth-order valence-electron chi connectivity index (χ4n) is 2.40. The lowest BCUT2D eigenvalue weighted by Gasteiger charge is -2.28. The van der Waals surface area contributed by atoms with E-state index in [1.165, 1.54) is 45.4 Å². The number of nitrogens with one attached hydrogen (secondary N) is 1. The molecule has 2 nitrogen and oxygen atoms in total. The predicted octanol–water partition coefficient (Wildman–Crippen LogP) is 2.75. The van der Waals surface area contributed by atoms with E-state index in [0.717, 1.165) is 12.5 Å². The predicted molar refractivity (Wildman–Crippen MR) is 79.6 cm³/mol. The molecule has 1 aliphatic rings. The molecule has 1 N–H and O–H groups in total. The molecule has 0 aromatic rings. The van der Waals surface area contributed by atoms with Crippen LogP contribution in [0.2, 0.25) is 0 Å². The third kappa shape index (κ3) is 7.03. The number of nitrogens with zero attached hydrogens (tertiary/aromatic N) is 1. The van der Waals surface area contributed by atoms with Gasteiger partial charge in [-0.15, -0.1) is 0 Å². The zero-order valence-corrected chi connectivity index (χ0v) is 12.7. The lowest BCUT2D eigenvalue weighted by molar-refractivity contribution is 0.225. The zero-order valence-electron chi connectivity index (χ0n) is 12.7. The zero-order chi connectivity index (χ0) is 13.4. The van der Waals surface area contributed by atoms with Crippen LogP contribution in [0.25, 0.3) is 0 Å². The first-order valence-electron chi connectivity index (χ1n) is 7.44. The van der Waals surface area contributed by atoms with Gasteiger partial charge in [-0.2, -0.15) is 0 Å². The topological polar surface area (TPSA) is 15.3 Å². The minimum Gasteiger partial charge on any atom is -0.317 e. The van der Waals surface area contributed by atoms with Crippen molar-refractivity contribution in [2.75, 3.05) is 32.7 Å². The van der Waals surface area contributed by atoms with Gasteiger partial charge in [-0.1, -0.05) is 18.8 Å². The third-order valence-corrected chi connectivity index (χ3v) is 3.28. The van der Waals surface area contributed by atoms with Crippen LogP contribution in [0.4, 0.5) is 0 Å². The highest BCUT2D eigenvalue weighted by Crippen LogP contribution is 2.14. The monoisotopic (exact) mass is 250 g/mol. The quantitative estimate of drug-likeness (QED) is 0.755. The summed E-state index contributed by atoms with van der Waals surface area (Å²) in [4.78, 5) is 2.54. The third-order valence-electron chi connectivity index (χ3n) is 3.28. The number of hydrogen-bond acceptors (Lipinski definition) is 2. The summed E-state index contributed by atoms with van der Waals surface area (Å²) in [6.45, 7) is 14.5. The molecule has 2 heteroatoms. The summed E-state index contributed by atoms with van der Waals surface area (Å²) in [5.74, 6) is 7.57. The van der Waals surface area contributed by atoms with E-state index in [0.29, 0.717) is 0 Å². The van der Waals surface area contributed by atoms with Crippen LogP contribution in [-0.2, 0) is 0 Å². The fourth-order valence-corrected chi connectivity index (χ4v) is 2.40. The second kappa shape index (κ2) is 7.81. The van der Waals surface area contributed by atoms with Crippen LogP contribution < -0.4 is 5.32 Å². The standard InChI is InChI=1S/C16H30N2/c1-5-12-18(13-6-9-16(2,3)4)14-15-7-10-17-11-8-15/h15,17H,5,7-8,10-14H2,1-4H3. The van der Waals surface area contributed by atoms with Crippen molar-refractivity contribution in [1.82, 2.24) is 10.2 Å². The summed E-state index contributed by atoms with van der Waals surface area (Å²) in [6, 6.07) is 0. The van der Waals surface area contributed by atoms with E-state index in [2.05, 4.69) is 49.8 Å². The molecule has 0 saturated carbocycles. The molecule has 1 fully saturated rings. The first-order valence-corrected chi connectivity index (χ1v) is 7.44. The lowest BCUT2D eigenvalue weighted by atomic mass is 9.97. The molecule has 0 amide bonds. The molecule has 0 aromatic carbocycles. The van der Waals surface area contributed by atoms with E-state index in [-0.39, 0.29) is 5.41 Å². The highest BCUT2D eigenvalue weighted by Gasteiger charge is 2.16. The molecule has 1 rings (SSSR count). The molecule has 0 unspecified atom stereocenters. The Morgan fingerprint density at radius 1 is 1.22 bits per heavy atom. The Kier molecular flexibility index (Phi) is 6.75. The second-order valence-corrected chi connectivity index (χ2v) is 6.48. The molecule has 0 aromatic heterocycles. The van der Waals surface area contributed by atoms with Crippen LogP contribution in [0.15, 0.2) is 0 Å². The van der Waals surface area contributed by atoms with Gasteiger partial charge in [0, 0.05) is 12.0 Å². The minimum absolute atomic E-state index is 0.132. The van der Waals surface area contributed by atoms with Crippen molar-refractivity contribution < 1.29 is 0 Å². The molecule has 104 valence electrons. The smallest absolute Gasteiger partial charge is 0.0601 e. The van der Waals surface area contributed by atoms with Crippen molar-refractivity contribution in [3.05, 3.63) is 0 Å². The van der Waals surface area contributed by atoms with Gasteiger partial charge >= 0.3 is 0 Å². The Bertz CT molecular complexity index is 274. The molecule has 0 spiro atoms. The van der Waals surface area contributed by atoms with Crippen molar-refractivity contribution >= 4 is 0 Å². The molecule has 0 radical (unpaired) electrons.